The number of fused-ring (bicyclic) bond motifs is 1. The Bertz CT molecular complexity index is 428. The van der Waals surface area contributed by atoms with Crippen LogP contribution in [0.2, 0.25) is 0 Å². The number of nitrogens with zero attached hydrogens (tertiary/aromatic N) is 4. The average Bonchev–Trinajstić information content (AvgIpc) is 2.16. The molecule has 2 heterocycles. The molecular weight excluding hydrogens is 188 g/mol. The van der Waals surface area contributed by atoms with Crippen LogP contribution in [0.5, 0.6) is 0 Å². The summed E-state index contributed by atoms with van der Waals surface area (Å²) in [6.07, 6.45) is 3.42. The van der Waals surface area contributed by atoms with E-state index in [9.17, 15) is 0 Å². The minimum absolute atomic E-state index is 0.0262. The van der Waals surface area contributed by atoms with Gasteiger partial charge in [0.15, 0.2) is 5.82 Å². The van der Waals surface area contributed by atoms with E-state index in [4.69, 9.17) is 0 Å². The second-order valence-electron chi connectivity index (χ2n) is 4.50. The van der Waals surface area contributed by atoms with Crippen LogP contribution in [0.1, 0.15) is 26.3 Å². The molecule has 1 aliphatic rings. The van der Waals surface area contributed by atoms with Crippen molar-refractivity contribution in [2.24, 2.45) is 4.99 Å². The standard InChI is InChI=1S/C11H14N4/c1-8-9-5-6-13-14-10(9)12-7-15(8)11(2,3)4/h5-7H,1H2,2-4H3. The Hall–Kier alpha value is -1.71. The fourth-order valence-corrected chi connectivity index (χ4v) is 1.53. The summed E-state index contributed by atoms with van der Waals surface area (Å²) < 4.78 is 0. The molecule has 1 aliphatic heterocycles. The van der Waals surface area contributed by atoms with E-state index < -0.39 is 0 Å². The molecule has 0 aliphatic carbocycles. The number of aliphatic imine (C=N–C) groups is 1. The van der Waals surface area contributed by atoms with Crippen LogP contribution in [0.3, 0.4) is 0 Å². The van der Waals surface area contributed by atoms with Crippen molar-refractivity contribution < 1.29 is 0 Å². The highest BCUT2D eigenvalue weighted by atomic mass is 15.3. The first-order chi connectivity index (χ1) is 7.00. The van der Waals surface area contributed by atoms with Crippen molar-refractivity contribution in [3.05, 3.63) is 24.4 Å². The molecule has 0 bridgehead atoms. The molecule has 15 heavy (non-hydrogen) atoms. The Morgan fingerprint density at radius 2 is 2.07 bits per heavy atom. The molecule has 0 unspecified atom stereocenters. The summed E-state index contributed by atoms with van der Waals surface area (Å²) in [5.74, 6) is 0.642. The third-order valence-corrected chi connectivity index (χ3v) is 2.32. The lowest BCUT2D eigenvalue weighted by molar-refractivity contribution is 0.334. The number of hydrogen-bond donors (Lipinski definition) is 0. The number of rotatable bonds is 0. The molecule has 1 aromatic heterocycles. The lowest BCUT2D eigenvalue weighted by Crippen LogP contribution is -2.39. The van der Waals surface area contributed by atoms with Crippen LogP contribution >= 0.6 is 0 Å². The highest BCUT2D eigenvalue weighted by molar-refractivity contribution is 5.85. The second-order valence-corrected chi connectivity index (χ2v) is 4.50. The Balaban J connectivity index is 2.46. The highest BCUT2D eigenvalue weighted by Crippen LogP contribution is 2.32. The summed E-state index contributed by atoms with van der Waals surface area (Å²) in [5.41, 5.74) is 1.84. The van der Waals surface area contributed by atoms with Gasteiger partial charge in [0, 0.05) is 16.8 Å². The largest absolute Gasteiger partial charge is 0.327 e. The number of aromatic nitrogens is 2. The van der Waals surface area contributed by atoms with Crippen molar-refractivity contribution in [3.63, 3.8) is 0 Å². The zero-order chi connectivity index (χ0) is 11.1. The molecule has 0 N–H and O–H groups in total. The third-order valence-electron chi connectivity index (χ3n) is 2.32. The summed E-state index contributed by atoms with van der Waals surface area (Å²) in [5, 5.41) is 7.75. The summed E-state index contributed by atoms with van der Waals surface area (Å²) in [7, 11) is 0. The first-order valence-corrected chi connectivity index (χ1v) is 4.84. The second kappa shape index (κ2) is 3.15. The van der Waals surface area contributed by atoms with Crippen molar-refractivity contribution in [1.82, 2.24) is 15.1 Å². The molecule has 0 radical (unpaired) electrons. The molecular formula is C11H14N4. The predicted octanol–water partition coefficient (Wildman–Crippen LogP) is 2.22. The van der Waals surface area contributed by atoms with E-state index in [1.807, 2.05) is 11.0 Å². The zero-order valence-corrected chi connectivity index (χ0v) is 9.23. The minimum Gasteiger partial charge on any atom is -0.327 e. The lowest BCUT2D eigenvalue weighted by atomic mass is 10.0. The van der Waals surface area contributed by atoms with Crippen LogP contribution in [-0.4, -0.2) is 27.0 Å². The van der Waals surface area contributed by atoms with E-state index >= 15 is 0 Å². The quantitative estimate of drug-likeness (QED) is 0.647. The van der Waals surface area contributed by atoms with E-state index in [0.29, 0.717) is 5.82 Å². The normalized spacial score (nSPS) is 15.4. The molecule has 4 nitrogen and oxygen atoms in total. The van der Waals surface area contributed by atoms with Gasteiger partial charge in [0.25, 0.3) is 0 Å². The van der Waals surface area contributed by atoms with Crippen molar-refractivity contribution in [2.45, 2.75) is 26.3 Å². The lowest BCUT2D eigenvalue weighted by Gasteiger charge is -2.37. The van der Waals surface area contributed by atoms with E-state index in [0.717, 1.165) is 11.3 Å². The third kappa shape index (κ3) is 1.63. The molecule has 2 rings (SSSR count). The fourth-order valence-electron chi connectivity index (χ4n) is 1.53. The van der Waals surface area contributed by atoms with Crippen LogP contribution in [0, 0.1) is 0 Å². The van der Waals surface area contributed by atoms with Gasteiger partial charge in [0.1, 0.15) is 0 Å². The molecule has 78 valence electrons. The summed E-state index contributed by atoms with van der Waals surface area (Å²) in [6, 6.07) is 1.89. The van der Waals surface area contributed by atoms with Crippen LogP contribution in [-0.2, 0) is 0 Å². The van der Waals surface area contributed by atoms with Gasteiger partial charge in [-0.25, -0.2) is 4.99 Å². The van der Waals surface area contributed by atoms with Gasteiger partial charge < -0.3 is 4.90 Å². The molecule has 0 fully saturated rings. The van der Waals surface area contributed by atoms with Crippen LogP contribution < -0.4 is 0 Å². The van der Waals surface area contributed by atoms with Gasteiger partial charge in [0.05, 0.1) is 12.5 Å². The minimum atomic E-state index is -0.0262. The summed E-state index contributed by atoms with van der Waals surface area (Å²) in [6.45, 7) is 10.4. The van der Waals surface area contributed by atoms with Crippen LogP contribution in [0.4, 0.5) is 5.82 Å². The first kappa shape index (κ1) is 9.83. The topological polar surface area (TPSA) is 41.4 Å². The Morgan fingerprint density at radius 3 is 2.73 bits per heavy atom. The summed E-state index contributed by atoms with van der Waals surface area (Å²) in [4.78, 5) is 6.30. The summed E-state index contributed by atoms with van der Waals surface area (Å²) >= 11 is 0. The van der Waals surface area contributed by atoms with Gasteiger partial charge in [-0.2, -0.15) is 5.10 Å². The van der Waals surface area contributed by atoms with E-state index in [-0.39, 0.29) is 5.54 Å². The molecule has 0 saturated heterocycles. The monoisotopic (exact) mass is 202 g/mol. The van der Waals surface area contributed by atoms with Crippen LogP contribution in [0.15, 0.2) is 23.8 Å². The van der Waals surface area contributed by atoms with Crippen molar-refractivity contribution >= 4 is 17.9 Å². The Morgan fingerprint density at radius 1 is 1.33 bits per heavy atom. The van der Waals surface area contributed by atoms with Gasteiger partial charge in [-0.15, -0.1) is 5.10 Å². The molecule has 4 heteroatoms. The van der Waals surface area contributed by atoms with Gasteiger partial charge in [-0.05, 0) is 26.8 Å². The van der Waals surface area contributed by atoms with Gasteiger partial charge in [0.2, 0.25) is 0 Å². The SMILES string of the molecule is C=C1c2ccnnc2N=CN1C(C)(C)C. The molecule has 0 atom stereocenters. The van der Waals surface area contributed by atoms with E-state index in [1.54, 1.807) is 12.5 Å². The van der Waals surface area contributed by atoms with Crippen molar-refractivity contribution in [1.29, 1.82) is 0 Å². The maximum atomic E-state index is 4.26. The molecule has 0 amide bonds. The first-order valence-electron chi connectivity index (χ1n) is 4.84. The maximum absolute atomic E-state index is 4.26. The van der Waals surface area contributed by atoms with E-state index in [1.165, 1.54) is 0 Å². The van der Waals surface area contributed by atoms with Crippen molar-refractivity contribution in [3.8, 4) is 0 Å². The number of hydrogen-bond acceptors (Lipinski definition) is 4. The van der Waals surface area contributed by atoms with E-state index in [2.05, 4.69) is 42.5 Å². The Labute approximate surface area is 89.4 Å². The molecule has 1 aromatic rings. The highest BCUT2D eigenvalue weighted by Gasteiger charge is 2.26. The zero-order valence-electron chi connectivity index (χ0n) is 9.23. The predicted molar refractivity (Wildman–Crippen MR) is 60.8 cm³/mol. The van der Waals surface area contributed by atoms with Crippen LogP contribution in [0.25, 0.3) is 5.70 Å². The average molecular weight is 202 g/mol. The molecule has 0 spiro atoms. The van der Waals surface area contributed by atoms with Gasteiger partial charge in [-0.1, -0.05) is 6.58 Å². The molecule has 0 saturated carbocycles. The van der Waals surface area contributed by atoms with Gasteiger partial charge >= 0.3 is 0 Å². The smallest absolute Gasteiger partial charge is 0.185 e. The van der Waals surface area contributed by atoms with Gasteiger partial charge in [-0.3, -0.25) is 0 Å². The molecule has 0 aromatic carbocycles. The Kier molecular flexibility index (Phi) is 2.07. The fraction of sp³-hybridized carbons (Fsp3) is 0.364. The van der Waals surface area contributed by atoms with Crippen molar-refractivity contribution in [2.75, 3.05) is 0 Å². The maximum Gasteiger partial charge on any atom is 0.185 e.